The molecule has 0 spiro atoms. The van der Waals surface area contributed by atoms with Crippen molar-refractivity contribution < 1.29 is 17.6 Å². The highest BCUT2D eigenvalue weighted by atomic mass is 19.4. The molecule has 5 rings (SSSR count). The second-order valence-electron chi connectivity index (χ2n) is 8.51. The van der Waals surface area contributed by atoms with Crippen LogP contribution in [0.1, 0.15) is 30.7 Å². The maximum absolute atomic E-state index is 14.6. The summed E-state index contributed by atoms with van der Waals surface area (Å²) in [5.74, 6) is -0.438. The van der Waals surface area contributed by atoms with Gasteiger partial charge in [-0.05, 0) is 64.4 Å². The van der Waals surface area contributed by atoms with Gasteiger partial charge >= 0.3 is 6.18 Å². The molecule has 0 aliphatic carbocycles. The van der Waals surface area contributed by atoms with Crippen molar-refractivity contribution in [2.24, 2.45) is 0 Å². The molecule has 0 fully saturated rings. The van der Waals surface area contributed by atoms with Gasteiger partial charge in [0.1, 0.15) is 5.82 Å². The quantitative estimate of drug-likeness (QED) is 0.187. The van der Waals surface area contributed by atoms with Crippen molar-refractivity contribution in [3.8, 4) is 22.3 Å². The molecular weight excluding hydrogens is 450 g/mol. The van der Waals surface area contributed by atoms with E-state index >= 15 is 0 Å². The molecule has 1 nitrogen and oxygen atoms in total. The standard InChI is InChI=1S/C30H23F4N/c1-3-21-22(4-2)26(19-14-16-20(31)17-15-19)28-27(25(21)18-10-6-5-7-11-18)23-12-8-9-13-24(23)35-29(28)30(32,33)34/h5-17H,3-4H2,1-2H3. The Balaban J connectivity index is 2.15. The van der Waals surface area contributed by atoms with E-state index in [1.807, 2.05) is 56.3 Å². The third-order valence-electron chi connectivity index (χ3n) is 6.53. The maximum atomic E-state index is 14.6. The van der Waals surface area contributed by atoms with Gasteiger partial charge in [-0.25, -0.2) is 9.37 Å². The van der Waals surface area contributed by atoms with Gasteiger partial charge in [0.25, 0.3) is 0 Å². The van der Waals surface area contributed by atoms with E-state index in [2.05, 4.69) is 4.98 Å². The molecule has 35 heavy (non-hydrogen) atoms. The van der Waals surface area contributed by atoms with Crippen LogP contribution in [0.2, 0.25) is 0 Å². The second kappa shape index (κ2) is 8.81. The number of alkyl halides is 3. The molecule has 5 aromatic rings. The molecule has 1 heterocycles. The molecule has 5 heteroatoms. The zero-order chi connectivity index (χ0) is 24.7. The lowest BCUT2D eigenvalue weighted by atomic mass is 9.80. The Kier molecular flexibility index (Phi) is 5.79. The summed E-state index contributed by atoms with van der Waals surface area (Å²) in [6.45, 7) is 3.97. The summed E-state index contributed by atoms with van der Waals surface area (Å²) in [5, 5.41) is 1.26. The lowest BCUT2D eigenvalue weighted by molar-refractivity contribution is -0.139. The van der Waals surface area contributed by atoms with Crippen molar-refractivity contribution in [3.05, 3.63) is 102 Å². The molecule has 0 N–H and O–H groups in total. The van der Waals surface area contributed by atoms with Gasteiger partial charge in [0.2, 0.25) is 0 Å². The summed E-state index contributed by atoms with van der Waals surface area (Å²) in [5.41, 5.74) is 3.88. The molecular formula is C30H23F4N. The fourth-order valence-electron chi connectivity index (χ4n) is 5.16. The number of hydrogen-bond donors (Lipinski definition) is 0. The SMILES string of the molecule is CCc1c(CC)c(-c2ccccc2)c2c(c(C(F)(F)F)nc3ccccc32)c1-c1ccc(F)cc1. The monoisotopic (exact) mass is 473 g/mol. The molecule has 0 bridgehead atoms. The molecule has 4 aromatic carbocycles. The highest BCUT2D eigenvalue weighted by Crippen LogP contribution is 2.48. The molecule has 176 valence electrons. The fraction of sp³-hybridized carbons (Fsp3) is 0.167. The Morgan fingerprint density at radius 3 is 1.80 bits per heavy atom. The number of nitrogens with zero attached hydrogens (tertiary/aromatic N) is 1. The van der Waals surface area contributed by atoms with Gasteiger partial charge in [0, 0.05) is 16.2 Å². The highest BCUT2D eigenvalue weighted by molar-refractivity contribution is 6.19. The third-order valence-corrected chi connectivity index (χ3v) is 6.53. The zero-order valence-corrected chi connectivity index (χ0v) is 19.4. The van der Waals surface area contributed by atoms with Crippen LogP contribution in [0.15, 0.2) is 78.9 Å². The van der Waals surface area contributed by atoms with Gasteiger partial charge in [-0.1, -0.05) is 74.5 Å². The third kappa shape index (κ3) is 3.85. The summed E-state index contributed by atoms with van der Waals surface area (Å²) < 4.78 is 57.7. The van der Waals surface area contributed by atoms with E-state index in [9.17, 15) is 17.6 Å². The van der Waals surface area contributed by atoms with E-state index in [0.717, 1.165) is 22.3 Å². The van der Waals surface area contributed by atoms with Crippen molar-refractivity contribution >= 4 is 21.7 Å². The van der Waals surface area contributed by atoms with E-state index in [1.165, 1.54) is 12.1 Å². The first kappa shape index (κ1) is 23.0. The average Bonchev–Trinajstić information content (AvgIpc) is 2.87. The van der Waals surface area contributed by atoms with Crippen LogP contribution in [0, 0.1) is 5.82 Å². The number of hydrogen-bond acceptors (Lipinski definition) is 1. The Bertz CT molecular complexity index is 1540. The number of rotatable bonds is 4. The minimum atomic E-state index is -4.68. The molecule has 1 aromatic heterocycles. The van der Waals surface area contributed by atoms with Crippen LogP contribution in [-0.2, 0) is 19.0 Å². The smallest absolute Gasteiger partial charge is 0.243 e. The molecule has 0 saturated heterocycles. The topological polar surface area (TPSA) is 12.9 Å². The first-order valence-electron chi connectivity index (χ1n) is 11.6. The van der Waals surface area contributed by atoms with Crippen LogP contribution in [0.5, 0.6) is 0 Å². The minimum Gasteiger partial charge on any atom is -0.243 e. The van der Waals surface area contributed by atoms with Crippen LogP contribution < -0.4 is 0 Å². The lowest BCUT2D eigenvalue weighted by Crippen LogP contribution is -2.12. The van der Waals surface area contributed by atoms with E-state index in [-0.39, 0.29) is 5.39 Å². The summed E-state index contributed by atoms with van der Waals surface area (Å²) >= 11 is 0. The van der Waals surface area contributed by atoms with Crippen LogP contribution in [0.3, 0.4) is 0 Å². The average molecular weight is 474 g/mol. The predicted molar refractivity (Wildman–Crippen MR) is 134 cm³/mol. The zero-order valence-electron chi connectivity index (χ0n) is 19.4. The molecule has 0 unspecified atom stereocenters. The normalized spacial score (nSPS) is 11.9. The van der Waals surface area contributed by atoms with E-state index in [4.69, 9.17) is 0 Å². The number of halogens is 4. The van der Waals surface area contributed by atoms with E-state index < -0.39 is 17.7 Å². The lowest BCUT2D eigenvalue weighted by Gasteiger charge is -2.25. The molecule has 0 radical (unpaired) electrons. The Morgan fingerprint density at radius 2 is 1.20 bits per heavy atom. The Morgan fingerprint density at radius 1 is 0.657 bits per heavy atom. The largest absolute Gasteiger partial charge is 0.434 e. The number of pyridine rings is 1. The number of fused-ring (bicyclic) bond motifs is 3. The van der Waals surface area contributed by atoms with Crippen LogP contribution in [0.25, 0.3) is 43.9 Å². The van der Waals surface area contributed by atoms with Crippen LogP contribution in [-0.4, -0.2) is 4.98 Å². The first-order chi connectivity index (χ1) is 16.8. The van der Waals surface area contributed by atoms with Gasteiger partial charge in [-0.15, -0.1) is 0 Å². The van der Waals surface area contributed by atoms with Crippen LogP contribution >= 0.6 is 0 Å². The van der Waals surface area contributed by atoms with Gasteiger partial charge in [0.15, 0.2) is 5.69 Å². The van der Waals surface area contributed by atoms with E-state index in [1.54, 1.807) is 24.3 Å². The summed E-state index contributed by atoms with van der Waals surface area (Å²) in [6, 6.07) is 22.2. The Hall–Kier alpha value is -3.73. The van der Waals surface area contributed by atoms with Gasteiger partial charge in [0.05, 0.1) is 5.52 Å². The van der Waals surface area contributed by atoms with Crippen molar-refractivity contribution in [2.45, 2.75) is 32.9 Å². The number of para-hydroxylation sites is 1. The summed E-state index contributed by atoms with van der Waals surface area (Å²) in [6.07, 6.45) is -3.52. The number of aromatic nitrogens is 1. The summed E-state index contributed by atoms with van der Waals surface area (Å²) in [4.78, 5) is 4.14. The molecule has 0 saturated carbocycles. The van der Waals surface area contributed by atoms with E-state index in [0.29, 0.717) is 40.3 Å². The highest BCUT2D eigenvalue weighted by Gasteiger charge is 2.38. The predicted octanol–water partition coefficient (Wildman–Crippen LogP) is 9.00. The first-order valence-corrected chi connectivity index (χ1v) is 11.6. The van der Waals surface area contributed by atoms with Crippen molar-refractivity contribution in [1.29, 1.82) is 0 Å². The van der Waals surface area contributed by atoms with Crippen molar-refractivity contribution in [2.75, 3.05) is 0 Å². The Labute approximate surface area is 201 Å². The minimum absolute atomic E-state index is 0.0655. The fourth-order valence-corrected chi connectivity index (χ4v) is 5.16. The van der Waals surface area contributed by atoms with Crippen molar-refractivity contribution in [1.82, 2.24) is 4.98 Å². The molecule has 0 atom stereocenters. The number of benzene rings is 4. The van der Waals surface area contributed by atoms with Gasteiger partial charge in [-0.2, -0.15) is 13.2 Å². The summed E-state index contributed by atoms with van der Waals surface area (Å²) in [7, 11) is 0. The van der Waals surface area contributed by atoms with Crippen LogP contribution in [0.4, 0.5) is 17.6 Å². The van der Waals surface area contributed by atoms with Crippen molar-refractivity contribution in [3.63, 3.8) is 0 Å². The van der Waals surface area contributed by atoms with Gasteiger partial charge < -0.3 is 0 Å². The second-order valence-corrected chi connectivity index (χ2v) is 8.51. The molecule has 0 amide bonds. The van der Waals surface area contributed by atoms with Gasteiger partial charge in [-0.3, -0.25) is 0 Å². The maximum Gasteiger partial charge on any atom is 0.434 e. The molecule has 0 aliphatic heterocycles. The molecule has 0 aliphatic rings.